The van der Waals surface area contributed by atoms with Crippen LogP contribution in [0.5, 0.6) is 0 Å². The number of nitrogens with zero attached hydrogens (tertiary/aromatic N) is 4. The number of piperidine rings is 3. The van der Waals surface area contributed by atoms with Gasteiger partial charge in [0.05, 0.1) is 5.92 Å². The number of carbonyl (C=O) groups is 2. The van der Waals surface area contributed by atoms with Crippen LogP contribution in [0, 0.1) is 5.92 Å². The lowest BCUT2D eigenvalue weighted by Gasteiger charge is -2.43. The molecule has 1 atom stereocenters. The smallest absolute Gasteiger partial charge is 0.319 e. The number of amides is 3. The highest BCUT2D eigenvalue weighted by molar-refractivity contribution is 5.79. The van der Waals surface area contributed by atoms with Gasteiger partial charge in [-0.3, -0.25) is 14.7 Å². The minimum atomic E-state index is 0.0587. The average molecular weight is 414 g/mol. The maximum Gasteiger partial charge on any atom is 0.319 e. The second kappa shape index (κ2) is 10.2. The minimum absolute atomic E-state index is 0.0587. The fraction of sp³-hybridized carbons (Fsp3) is 0.696. The third kappa shape index (κ3) is 5.31. The zero-order valence-electron chi connectivity index (χ0n) is 18.0. The van der Waals surface area contributed by atoms with E-state index < -0.39 is 0 Å². The molecule has 1 N–H and O–H groups in total. The van der Waals surface area contributed by atoms with E-state index in [4.69, 9.17) is 0 Å². The van der Waals surface area contributed by atoms with Crippen molar-refractivity contribution in [2.45, 2.75) is 57.5 Å². The summed E-state index contributed by atoms with van der Waals surface area (Å²) in [5.41, 5.74) is 1.03. The quantitative estimate of drug-likeness (QED) is 0.823. The zero-order valence-corrected chi connectivity index (χ0v) is 18.0. The van der Waals surface area contributed by atoms with E-state index in [1.165, 1.54) is 6.42 Å². The molecule has 1 aromatic rings. The van der Waals surface area contributed by atoms with Crippen molar-refractivity contribution in [1.29, 1.82) is 0 Å². The summed E-state index contributed by atoms with van der Waals surface area (Å²) >= 11 is 0. The molecule has 0 unspecified atom stereocenters. The third-order valence-corrected chi connectivity index (χ3v) is 6.89. The second-order valence-corrected chi connectivity index (χ2v) is 8.96. The first kappa shape index (κ1) is 21.1. The summed E-state index contributed by atoms with van der Waals surface area (Å²) in [6, 6.07) is 4.61. The van der Waals surface area contributed by atoms with Crippen molar-refractivity contribution >= 4 is 11.9 Å². The van der Waals surface area contributed by atoms with Crippen molar-refractivity contribution in [1.82, 2.24) is 25.0 Å². The molecule has 3 saturated heterocycles. The molecule has 3 fully saturated rings. The van der Waals surface area contributed by atoms with E-state index in [2.05, 4.69) is 15.2 Å². The molecule has 3 aliphatic rings. The topological polar surface area (TPSA) is 68.8 Å². The maximum absolute atomic E-state index is 12.7. The van der Waals surface area contributed by atoms with Crippen LogP contribution < -0.4 is 5.32 Å². The summed E-state index contributed by atoms with van der Waals surface area (Å²) in [4.78, 5) is 36.1. The molecule has 0 aromatic carbocycles. The largest absolute Gasteiger partial charge is 0.352 e. The van der Waals surface area contributed by atoms with Crippen LogP contribution in [0.25, 0.3) is 0 Å². The van der Waals surface area contributed by atoms with Gasteiger partial charge in [0.15, 0.2) is 0 Å². The number of hydrogen-bond donors (Lipinski definition) is 1. The predicted molar refractivity (Wildman–Crippen MR) is 116 cm³/mol. The van der Waals surface area contributed by atoms with E-state index in [-0.39, 0.29) is 17.9 Å². The first-order valence-corrected chi connectivity index (χ1v) is 11.7. The number of rotatable bonds is 4. The Hall–Kier alpha value is -2.15. The van der Waals surface area contributed by atoms with Crippen LogP contribution in [0.4, 0.5) is 4.79 Å². The van der Waals surface area contributed by atoms with Gasteiger partial charge in [0, 0.05) is 57.7 Å². The van der Waals surface area contributed by atoms with Crippen LogP contribution in [0.15, 0.2) is 24.5 Å². The summed E-state index contributed by atoms with van der Waals surface area (Å²) in [5, 5.41) is 3.09. The Kier molecular flexibility index (Phi) is 7.20. The number of aromatic nitrogens is 1. The number of urea groups is 1. The molecule has 0 spiro atoms. The highest BCUT2D eigenvalue weighted by Crippen LogP contribution is 2.25. The van der Waals surface area contributed by atoms with Crippen LogP contribution in [0.1, 0.15) is 50.5 Å². The van der Waals surface area contributed by atoms with Gasteiger partial charge < -0.3 is 15.1 Å². The van der Waals surface area contributed by atoms with Crippen molar-refractivity contribution in [2.75, 3.05) is 39.3 Å². The Balaban J connectivity index is 1.23. The van der Waals surface area contributed by atoms with Gasteiger partial charge in [0.25, 0.3) is 0 Å². The number of likely N-dealkylation sites (tertiary alicyclic amines) is 3. The molecule has 3 amide bonds. The molecule has 0 bridgehead atoms. The van der Waals surface area contributed by atoms with E-state index in [1.54, 1.807) is 12.4 Å². The molecule has 30 heavy (non-hydrogen) atoms. The average Bonchev–Trinajstić information content (AvgIpc) is 2.83. The molecule has 4 rings (SSSR count). The zero-order chi connectivity index (χ0) is 20.8. The number of pyridine rings is 1. The van der Waals surface area contributed by atoms with Crippen LogP contribution in [-0.4, -0.2) is 76.9 Å². The van der Waals surface area contributed by atoms with Crippen molar-refractivity contribution in [3.8, 4) is 0 Å². The highest BCUT2D eigenvalue weighted by atomic mass is 16.2. The highest BCUT2D eigenvalue weighted by Gasteiger charge is 2.33. The van der Waals surface area contributed by atoms with E-state index in [0.29, 0.717) is 12.6 Å². The molecule has 7 heteroatoms. The summed E-state index contributed by atoms with van der Waals surface area (Å²) in [6.07, 6.45) is 11.1. The molecular formula is C23H35N5O2. The van der Waals surface area contributed by atoms with Crippen LogP contribution in [0.3, 0.4) is 0 Å². The van der Waals surface area contributed by atoms with Gasteiger partial charge in [-0.05, 0) is 63.1 Å². The Morgan fingerprint density at radius 2 is 1.73 bits per heavy atom. The summed E-state index contributed by atoms with van der Waals surface area (Å²) in [5.74, 6) is 0.213. The second-order valence-electron chi connectivity index (χ2n) is 8.96. The fourth-order valence-electron chi connectivity index (χ4n) is 5.10. The SMILES string of the molecule is O=C(NCc1cccnc1)[C@@H]1CCCN(C2CCN(C(=O)N3CCCCC3)CC2)C1. The lowest BCUT2D eigenvalue weighted by atomic mass is 9.93. The summed E-state index contributed by atoms with van der Waals surface area (Å²) < 4.78 is 0. The molecule has 7 nitrogen and oxygen atoms in total. The van der Waals surface area contributed by atoms with Gasteiger partial charge in [0.2, 0.25) is 5.91 Å². The monoisotopic (exact) mass is 413 g/mol. The van der Waals surface area contributed by atoms with Crippen LogP contribution in [0.2, 0.25) is 0 Å². The van der Waals surface area contributed by atoms with E-state index >= 15 is 0 Å². The fourth-order valence-corrected chi connectivity index (χ4v) is 5.10. The Morgan fingerprint density at radius 1 is 0.967 bits per heavy atom. The summed E-state index contributed by atoms with van der Waals surface area (Å²) in [7, 11) is 0. The Bertz CT molecular complexity index is 699. The summed E-state index contributed by atoms with van der Waals surface area (Å²) in [6.45, 7) is 5.96. The number of nitrogens with one attached hydrogen (secondary N) is 1. The molecule has 1 aromatic heterocycles. The van der Waals surface area contributed by atoms with Gasteiger partial charge in [-0.15, -0.1) is 0 Å². The van der Waals surface area contributed by atoms with Crippen LogP contribution >= 0.6 is 0 Å². The van der Waals surface area contributed by atoms with Gasteiger partial charge in [-0.25, -0.2) is 4.79 Å². The van der Waals surface area contributed by atoms with Gasteiger partial charge >= 0.3 is 6.03 Å². The Labute approximate surface area is 179 Å². The molecule has 4 heterocycles. The van der Waals surface area contributed by atoms with Crippen molar-refractivity contribution < 1.29 is 9.59 Å². The predicted octanol–water partition coefficient (Wildman–Crippen LogP) is 2.48. The van der Waals surface area contributed by atoms with Crippen LogP contribution in [-0.2, 0) is 11.3 Å². The van der Waals surface area contributed by atoms with E-state index in [0.717, 1.165) is 83.4 Å². The van der Waals surface area contributed by atoms with Gasteiger partial charge in [0.1, 0.15) is 0 Å². The minimum Gasteiger partial charge on any atom is -0.352 e. The Morgan fingerprint density at radius 3 is 2.47 bits per heavy atom. The standard InChI is InChI=1S/C23H35N5O2/c29-22(25-17-19-6-4-10-24-16-19)20-7-5-13-28(18-20)21-8-14-27(15-9-21)23(30)26-11-2-1-3-12-26/h4,6,10,16,20-21H,1-3,5,7-9,11-15,17-18H2,(H,25,29)/t20-/m1/s1. The first-order valence-electron chi connectivity index (χ1n) is 11.7. The van der Waals surface area contributed by atoms with E-state index in [1.807, 2.05) is 21.9 Å². The number of hydrogen-bond acceptors (Lipinski definition) is 4. The van der Waals surface area contributed by atoms with Gasteiger partial charge in [-0.2, -0.15) is 0 Å². The lowest BCUT2D eigenvalue weighted by molar-refractivity contribution is -0.127. The molecule has 3 aliphatic heterocycles. The normalized spacial score (nSPS) is 23.9. The maximum atomic E-state index is 12.7. The first-order chi connectivity index (χ1) is 14.7. The lowest BCUT2D eigenvalue weighted by Crippen LogP contribution is -2.53. The van der Waals surface area contributed by atoms with Gasteiger partial charge in [-0.1, -0.05) is 6.07 Å². The third-order valence-electron chi connectivity index (χ3n) is 6.89. The molecule has 0 aliphatic carbocycles. The van der Waals surface area contributed by atoms with Crippen molar-refractivity contribution in [3.63, 3.8) is 0 Å². The number of carbonyl (C=O) groups excluding carboxylic acids is 2. The molecule has 0 radical (unpaired) electrons. The molecule has 0 saturated carbocycles. The molecule has 164 valence electrons. The molecular weight excluding hydrogens is 378 g/mol. The van der Waals surface area contributed by atoms with Crippen molar-refractivity contribution in [3.05, 3.63) is 30.1 Å². The van der Waals surface area contributed by atoms with Crippen molar-refractivity contribution in [2.24, 2.45) is 5.92 Å². The van der Waals surface area contributed by atoms with E-state index in [9.17, 15) is 9.59 Å².